The third kappa shape index (κ3) is 5.40. The normalized spacial score (nSPS) is 23.6. The summed E-state index contributed by atoms with van der Waals surface area (Å²) in [5.41, 5.74) is 2.20. The first-order valence-corrected chi connectivity index (χ1v) is 12.3. The molecule has 5 rings (SSSR count). The highest BCUT2D eigenvalue weighted by Crippen LogP contribution is 2.35. The van der Waals surface area contributed by atoms with E-state index in [0.717, 1.165) is 0 Å². The first-order chi connectivity index (χ1) is 18.2. The van der Waals surface area contributed by atoms with Crippen LogP contribution in [0.15, 0.2) is 65.1 Å². The monoisotopic (exact) mass is 546 g/mol. The maximum atomic E-state index is 14.8. The molecule has 3 aromatic carbocycles. The molecule has 4 aromatic rings. The van der Waals surface area contributed by atoms with Crippen LogP contribution in [0.1, 0.15) is 28.6 Å². The average Bonchev–Trinajstić information content (AvgIpc) is 3.30. The Balaban J connectivity index is 1.29. The molecule has 7 nitrogen and oxygen atoms in total. The Morgan fingerprint density at radius 3 is 2.47 bits per heavy atom. The maximum Gasteiger partial charge on any atom is 0.165 e. The number of halogens is 3. The topological polar surface area (TPSA) is 113 Å². The Bertz CT molecular complexity index is 1440. The van der Waals surface area contributed by atoms with Crippen LogP contribution in [0.5, 0.6) is 5.75 Å². The first-order valence-electron chi connectivity index (χ1n) is 11.9. The molecule has 1 aliphatic heterocycles. The second kappa shape index (κ2) is 11.0. The fraction of sp³-hybridized carbons (Fsp3) is 0.286. The molecule has 1 aliphatic rings. The number of hydrogen-bond acceptors (Lipinski definition) is 7. The van der Waals surface area contributed by atoms with Crippen molar-refractivity contribution in [2.45, 2.75) is 43.5 Å². The van der Waals surface area contributed by atoms with E-state index in [0.29, 0.717) is 38.4 Å². The molecule has 200 valence electrons. The second-order valence-corrected chi connectivity index (χ2v) is 9.63. The van der Waals surface area contributed by atoms with Crippen molar-refractivity contribution in [3.05, 3.63) is 99.8 Å². The quantitative estimate of drug-likeness (QED) is 0.277. The number of furan rings is 1. The van der Waals surface area contributed by atoms with E-state index in [4.69, 9.17) is 25.5 Å². The van der Waals surface area contributed by atoms with Crippen molar-refractivity contribution in [3.8, 4) is 5.75 Å². The van der Waals surface area contributed by atoms with Gasteiger partial charge in [-0.2, -0.15) is 0 Å². The van der Waals surface area contributed by atoms with Crippen LogP contribution in [0, 0.1) is 11.6 Å². The summed E-state index contributed by atoms with van der Waals surface area (Å²) in [6.07, 6.45) is -6.20. The zero-order chi connectivity index (χ0) is 27.0. The van der Waals surface area contributed by atoms with Gasteiger partial charge in [0.05, 0.1) is 6.61 Å². The van der Waals surface area contributed by atoms with E-state index in [9.17, 15) is 29.2 Å². The summed E-state index contributed by atoms with van der Waals surface area (Å²) in [5.74, 6) is -0.537. The molecule has 5 atom stereocenters. The number of aliphatic hydroxyl groups excluding tert-OH is 4. The fourth-order valence-electron chi connectivity index (χ4n) is 4.56. The largest absolute Gasteiger partial charge is 0.483 e. The molecule has 0 saturated carbocycles. The van der Waals surface area contributed by atoms with Crippen molar-refractivity contribution in [2.24, 2.45) is 0 Å². The molecule has 0 spiro atoms. The Hall–Kier alpha value is -3.05. The number of aliphatic hydroxyl groups is 4. The molecule has 0 aliphatic carbocycles. The molecule has 0 radical (unpaired) electrons. The number of benzene rings is 3. The van der Waals surface area contributed by atoms with Gasteiger partial charge in [-0.15, -0.1) is 0 Å². The lowest BCUT2D eigenvalue weighted by molar-refractivity contribution is -0.231. The molecule has 0 unspecified atom stereocenters. The van der Waals surface area contributed by atoms with Crippen LogP contribution in [-0.4, -0.2) is 51.4 Å². The summed E-state index contributed by atoms with van der Waals surface area (Å²) >= 11 is 6.38. The standard InChI is InChI=1S/C28H25ClF2O7/c29-20-4-2-15(28-27(35)26(34)25(33)24(12-32)38-28)9-16(20)7-14-1-5-23(21(31)8-14)36-13-19-11-17-10-18(30)3-6-22(17)37-19/h1-6,8-11,24-28,32-35H,7,12-13H2/t24-,25-,26+,27-,28+/m1/s1. The lowest BCUT2D eigenvalue weighted by Gasteiger charge is -2.40. The van der Waals surface area contributed by atoms with E-state index in [-0.39, 0.29) is 24.6 Å². The van der Waals surface area contributed by atoms with Crippen LogP contribution in [0.2, 0.25) is 5.02 Å². The Morgan fingerprint density at radius 2 is 1.71 bits per heavy atom. The molecule has 4 N–H and O–H groups in total. The van der Waals surface area contributed by atoms with Crippen molar-refractivity contribution < 1.29 is 43.1 Å². The third-order valence-electron chi connectivity index (χ3n) is 6.58. The van der Waals surface area contributed by atoms with E-state index in [1.807, 2.05) is 0 Å². The van der Waals surface area contributed by atoms with Gasteiger partial charge in [0.15, 0.2) is 11.6 Å². The summed E-state index contributed by atoms with van der Waals surface area (Å²) in [6, 6.07) is 15.2. The van der Waals surface area contributed by atoms with Crippen LogP contribution in [-0.2, 0) is 17.8 Å². The lowest BCUT2D eigenvalue weighted by atomic mass is 9.90. The van der Waals surface area contributed by atoms with E-state index >= 15 is 0 Å². The van der Waals surface area contributed by atoms with Crippen molar-refractivity contribution in [3.63, 3.8) is 0 Å². The van der Waals surface area contributed by atoms with Gasteiger partial charge < -0.3 is 34.3 Å². The van der Waals surface area contributed by atoms with Gasteiger partial charge >= 0.3 is 0 Å². The number of hydrogen-bond donors (Lipinski definition) is 4. The first kappa shape index (κ1) is 26.6. The second-order valence-electron chi connectivity index (χ2n) is 9.23. The Labute approximate surface area is 221 Å². The summed E-state index contributed by atoms with van der Waals surface area (Å²) in [6.45, 7) is -0.579. The zero-order valence-electron chi connectivity index (χ0n) is 19.9. The molecule has 1 saturated heterocycles. The van der Waals surface area contributed by atoms with Crippen LogP contribution in [0.3, 0.4) is 0 Å². The van der Waals surface area contributed by atoms with Gasteiger partial charge in [-0.3, -0.25) is 0 Å². The molecule has 10 heteroatoms. The molecule has 2 heterocycles. The zero-order valence-corrected chi connectivity index (χ0v) is 20.7. The van der Waals surface area contributed by atoms with Crippen molar-refractivity contribution in [1.82, 2.24) is 0 Å². The van der Waals surface area contributed by atoms with Gasteiger partial charge in [-0.05, 0) is 65.6 Å². The fourth-order valence-corrected chi connectivity index (χ4v) is 4.75. The molecule has 38 heavy (non-hydrogen) atoms. The van der Waals surface area contributed by atoms with E-state index in [2.05, 4.69) is 0 Å². The van der Waals surface area contributed by atoms with Gasteiger partial charge in [0.2, 0.25) is 0 Å². The minimum Gasteiger partial charge on any atom is -0.483 e. The van der Waals surface area contributed by atoms with Crippen LogP contribution in [0.25, 0.3) is 11.0 Å². The Morgan fingerprint density at radius 1 is 0.895 bits per heavy atom. The smallest absolute Gasteiger partial charge is 0.165 e. The van der Waals surface area contributed by atoms with Crippen molar-refractivity contribution >= 4 is 22.6 Å². The summed E-state index contributed by atoms with van der Waals surface area (Å²) in [7, 11) is 0. The number of rotatable bonds is 7. The minimum absolute atomic E-state index is 0.0153. The average molecular weight is 547 g/mol. The maximum absolute atomic E-state index is 14.8. The summed E-state index contributed by atoms with van der Waals surface area (Å²) < 4.78 is 45.0. The van der Waals surface area contributed by atoms with Crippen LogP contribution in [0.4, 0.5) is 8.78 Å². The molecular formula is C28H25ClF2O7. The van der Waals surface area contributed by atoms with E-state index in [1.165, 1.54) is 30.3 Å². The Kier molecular flexibility index (Phi) is 7.67. The van der Waals surface area contributed by atoms with Crippen LogP contribution < -0.4 is 4.74 Å². The third-order valence-corrected chi connectivity index (χ3v) is 6.95. The van der Waals surface area contributed by atoms with Crippen LogP contribution >= 0.6 is 11.6 Å². The van der Waals surface area contributed by atoms with Gasteiger partial charge in [0.25, 0.3) is 0 Å². The van der Waals surface area contributed by atoms with Gasteiger partial charge in [0.1, 0.15) is 54.3 Å². The number of ether oxygens (including phenoxy) is 2. The van der Waals surface area contributed by atoms with Gasteiger partial charge in [0, 0.05) is 10.4 Å². The molecule has 1 aromatic heterocycles. The summed E-state index contributed by atoms with van der Waals surface area (Å²) in [4.78, 5) is 0. The van der Waals surface area contributed by atoms with Gasteiger partial charge in [-0.25, -0.2) is 8.78 Å². The molecule has 1 fully saturated rings. The van der Waals surface area contributed by atoms with Gasteiger partial charge in [-0.1, -0.05) is 29.8 Å². The summed E-state index contributed by atoms with van der Waals surface area (Å²) in [5, 5.41) is 41.0. The SMILES string of the molecule is OC[C@H]1O[C@@H](c2ccc(Cl)c(Cc3ccc(OCc4cc5cc(F)ccc5o4)c(F)c3)c2)[C@H](O)[C@@H](O)[C@@H]1O. The van der Waals surface area contributed by atoms with E-state index in [1.54, 1.807) is 30.3 Å². The number of fused-ring (bicyclic) bond motifs is 1. The van der Waals surface area contributed by atoms with Crippen molar-refractivity contribution in [1.29, 1.82) is 0 Å². The highest BCUT2D eigenvalue weighted by molar-refractivity contribution is 6.31. The lowest BCUT2D eigenvalue weighted by Crippen LogP contribution is -2.55. The molecular weight excluding hydrogens is 522 g/mol. The molecule has 0 bridgehead atoms. The highest BCUT2D eigenvalue weighted by atomic mass is 35.5. The predicted molar refractivity (Wildman–Crippen MR) is 134 cm³/mol. The predicted octanol–water partition coefficient (Wildman–Crippen LogP) is 4.05. The van der Waals surface area contributed by atoms with E-state index < -0.39 is 42.9 Å². The minimum atomic E-state index is -1.51. The molecule has 0 amide bonds. The van der Waals surface area contributed by atoms with Crippen molar-refractivity contribution in [2.75, 3.05) is 6.61 Å². The highest BCUT2D eigenvalue weighted by Gasteiger charge is 2.44.